The van der Waals surface area contributed by atoms with Crippen molar-refractivity contribution in [3.63, 3.8) is 0 Å². The summed E-state index contributed by atoms with van der Waals surface area (Å²) in [6.07, 6.45) is 5.75. The van der Waals surface area contributed by atoms with Crippen molar-refractivity contribution in [3.05, 3.63) is 35.9 Å². The number of carbonyl (C=O) groups excluding carboxylic acids is 1. The Balaban J connectivity index is 0.000000357. The van der Waals surface area contributed by atoms with Gasteiger partial charge < -0.3 is 15.4 Å². The summed E-state index contributed by atoms with van der Waals surface area (Å²) in [6, 6.07) is 3.67. The number of amides is 1. The number of aromatic nitrogens is 3. The van der Waals surface area contributed by atoms with Crippen LogP contribution >= 0.6 is 11.6 Å². The molecule has 2 N–H and O–H groups in total. The molecule has 31 heavy (non-hydrogen) atoms. The molecule has 3 rings (SSSR count). The molecular weight excluding hydrogens is 428 g/mol. The van der Waals surface area contributed by atoms with Gasteiger partial charge in [0.05, 0.1) is 18.1 Å². The molecule has 2 atom stereocenters. The molecular formula is C21H28ClF2N5O2. The number of anilines is 1. The Labute approximate surface area is 185 Å². The minimum atomic E-state index is -2.44. The van der Waals surface area contributed by atoms with Crippen molar-refractivity contribution < 1.29 is 18.7 Å². The zero-order valence-corrected chi connectivity index (χ0v) is 18.6. The largest absolute Gasteiger partial charge is 0.396 e. The molecule has 0 spiro atoms. The molecule has 1 saturated carbocycles. The number of halogens is 3. The molecule has 1 aliphatic rings. The number of aliphatic hydroxyl groups is 1. The minimum absolute atomic E-state index is 0.0203. The average Bonchev–Trinajstić information content (AvgIpc) is 3.14. The van der Waals surface area contributed by atoms with Gasteiger partial charge in [0, 0.05) is 43.3 Å². The molecule has 170 valence electrons. The summed E-state index contributed by atoms with van der Waals surface area (Å²) in [5, 5.41) is 20.3. The van der Waals surface area contributed by atoms with Crippen LogP contribution in [0.25, 0.3) is 5.69 Å². The number of pyridine rings is 1. The van der Waals surface area contributed by atoms with Gasteiger partial charge in [-0.3, -0.25) is 9.78 Å². The molecule has 0 saturated heterocycles. The van der Waals surface area contributed by atoms with Crippen LogP contribution in [-0.4, -0.2) is 50.6 Å². The van der Waals surface area contributed by atoms with Gasteiger partial charge in [-0.2, -0.15) is 5.10 Å². The van der Waals surface area contributed by atoms with Crippen molar-refractivity contribution in [2.24, 2.45) is 11.8 Å². The Morgan fingerprint density at radius 3 is 2.65 bits per heavy atom. The molecule has 1 fully saturated rings. The highest BCUT2D eigenvalue weighted by Crippen LogP contribution is 2.50. The number of nitrogens with one attached hydrogen (secondary N) is 1. The monoisotopic (exact) mass is 455 g/mol. The predicted octanol–water partition coefficient (Wildman–Crippen LogP) is 4.36. The summed E-state index contributed by atoms with van der Waals surface area (Å²) in [5.41, 5.74) is 1.82. The Bertz CT molecular complexity index is 891. The second-order valence-electron chi connectivity index (χ2n) is 7.60. The van der Waals surface area contributed by atoms with Crippen LogP contribution in [0.3, 0.4) is 0 Å². The van der Waals surface area contributed by atoms with Gasteiger partial charge in [0.25, 0.3) is 5.92 Å². The smallest absolute Gasteiger partial charge is 0.251 e. The Morgan fingerprint density at radius 1 is 1.52 bits per heavy atom. The van der Waals surface area contributed by atoms with Gasteiger partial charge in [0.15, 0.2) is 5.15 Å². The van der Waals surface area contributed by atoms with E-state index in [0.29, 0.717) is 24.4 Å². The lowest BCUT2D eigenvalue weighted by Crippen LogP contribution is -2.35. The lowest BCUT2D eigenvalue weighted by Gasteiger charge is -2.23. The van der Waals surface area contributed by atoms with E-state index in [2.05, 4.69) is 10.1 Å². The number of hydrogen-bond donors (Lipinski definition) is 2. The van der Waals surface area contributed by atoms with Crippen LogP contribution in [0.4, 0.5) is 14.5 Å². The minimum Gasteiger partial charge on any atom is -0.396 e. The summed E-state index contributed by atoms with van der Waals surface area (Å²) < 4.78 is 25.3. The third-order valence-corrected chi connectivity index (χ3v) is 5.17. The summed E-state index contributed by atoms with van der Waals surface area (Å²) in [5.74, 6) is -3.30. The molecule has 0 radical (unpaired) electrons. The average molecular weight is 456 g/mol. The summed E-state index contributed by atoms with van der Waals surface area (Å²) in [7, 11) is 0. The van der Waals surface area contributed by atoms with E-state index in [-0.39, 0.29) is 36.4 Å². The number of alkyl halides is 2. The quantitative estimate of drug-likeness (QED) is 0.578. The Hall–Kier alpha value is -2.39. The maximum atomic E-state index is 12.6. The normalized spacial score (nSPS) is 17.3. The molecule has 0 bridgehead atoms. The first-order chi connectivity index (χ1) is 14.6. The van der Waals surface area contributed by atoms with Crippen molar-refractivity contribution in [2.75, 3.05) is 18.1 Å². The molecule has 2 aromatic heterocycles. The highest BCUT2D eigenvalue weighted by Gasteiger charge is 2.55. The first-order valence-corrected chi connectivity index (χ1v) is 10.5. The summed E-state index contributed by atoms with van der Waals surface area (Å²) in [6.45, 7) is 5.79. The number of carbonyl (C=O) groups is 1. The van der Waals surface area contributed by atoms with Crippen molar-refractivity contribution in [1.29, 1.82) is 5.41 Å². The fourth-order valence-corrected chi connectivity index (χ4v) is 3.37. The number of hydrogen-bond acceptors (Lipinski definition) is 5. The molecule has 2 aromatic rings. The summed E-state index contributed by atoms with van der Waals surface area (Å²) >= 11 is 6.23. The van der Waals surface area contributed by atoms with Crippen molar-refractivity contribution in [1.82, 2.24) is 14.8 Å². The topological polar surface area (TPSA) is 95.1 Å². The fourth-order valence-electron chi connectivity index (χ4n) is 3.14. The molecule has 1 amide bonds. The lowest BCUT2D eigenvalue weighted by atomic mass is 10.0. The van der Waals surface area contributed by atoms with Gasteiger partial charge in [-0.15, -0.1) is 0 Å². The van der Waals surface area contributed by atoms with E-state index in [1.165, 1.54) is 0 Å². The van der Waals surface area contributed by atoms with E-state index in [1.54, 1.807) is 35.1 Å². The van der Waals surface area contributed by atoms with Crippen LogP contribution in [0.15, 0.2) is 30.7 Å². The van der Waals surface area contributed by atoms with E-state index in [4.69, 9.17) is 22.1 Å². The first-order valence-electron chi connectivity index (χ1n) is 10.1. The van der Waals surface area contributed by atoms with Crippen LogP contribution in [0.1, 0.15) is 40.0 Å². The van der Waals surface area contributed by atoms with Gasteiger partial charge in [0.1, 0.15) is 5.69 Å². The predicted molar refractivity (Wildman–Crippen MR) is 116 cm³/mol. The lowest BCUT2D eigenvalue weighted by molar-refractivity contribution is -0.121. The van der Waals surface area contributed by atoms with Gasteiger partial charge in [-0.05, 0) is 38.8 Å². The Kier molecular flexibility index (Phi) is 8.64. The molecule has 2 unspecified atom stereocenters. The highest BCUT2D eigenvalue weighted by molar-refractivity contribution is 6.32. The SMILES string of the molecule is CCN(C(=O)C(C)CC(C)=N)c1cn(-c2cccnc2)nc1Cl.OCCC1CC1(F)F. The summed E-state index contributed by atoms with van der Waals surface area (Å²) in [4.78, 5) is 18.3. The molecule has 10 heteroatoms. The molecule has 7 nitrogen and oxygen atoms in total. The van der Waals surface area contributed by atoms with E-state index >= 15 is 0 Å². The van der Waals surface area contributed by atoms with Gasteiger partial charge >= 0.3 is 0 Å². The van der Waals surface area contributed by atoms with Crippen LogP contribution in [-0.2, 0) is 4.79 Å². The van der Waals surface area contributed by atoms with Gasteiger partial charge in [-0.1, -0.05) is 18.5 Å². The van der Waals surface area contributed by atoms with Crippen LogP contribution in [0.2, 0.25) is 5.15 Å². The first kappa shape index (κ1) is 24.9. The highest BCUT2D eigenvalue weighted by atomic mass is 35.5. The third kappa shape index (κ3) is 6.80. The van der Waals surface area contributed by atoms with Crippen molar-refractivity contribution in [2.45, 2.75) is 46.0 Å². The standard InChI is InChI=1S/C16H20ClN5O.C5H8F2O/c1-4-21(16(23)11(2)8-12(3)18)14-10-22(20-15(14)17)13-6-5-7-19-9-13;6-5(7)3-4(5)1-2-8/h5-7,9-11,18H,4,8H2,1-3H3;4,8H,1-3H2. The number of rotatable bonds is 8. The van der Waals surface area contributed by atoms with E-state index in [0.717, 1.165) is 5.69 Å². The van der Waals surface area contributed by atoms with Crippen LogP contribution in [0.5, 0.6) is 0 Å². The third-order valence-electron chi connectivity index (χ3n) is 4.90. The van der Waals surface area contributed by atoms with Gasteiger partial charge in [0.2, 0.25) is 5.91 Å². The van der Waals surface area contributed by atoms with Crippen molar-refractivity contribution in [3.8, 4) is 5.69 Å². The molecule has 0 aliphatic heterocycles. The van der Waals surface area contributed by atoms with E-state index < -0.39 is 11.8 Å². The maximum Gasteiger partial charge on any atom is 0.251 e. The van der Waals surface area contributed by atoms with Crippen LogP contribution < -0.4 is 4.90 Å². The maximum absolute atomic E-state index is 12.6. The van der Waals surface area contributed by atoms with Crippen LogP contribution in [0, 0.1) is 17.2 Å². The van der Waals surface area contributed by atoms with Crippen molar-refractivity contribution >= 4 is 28.9 Å². The fraction of sp³-hybridized carbons (Fsp3) is 0.524. The number of aliphatic hydroxyl groups excluding tert-OH is 1. The Morgan fingerprint density at radius 2 is 2.19 bits per heavy atom. The second-order valence-corrected chi connectivity index (χ2v) is 7.96. The van der Waals surface area contributed by atoms with Gasteiger partial charge in [-0.25, -0.2) is 13.5 Å². The zero-order valence-electron chi connectivity index (χ0n) is 17.9. The number of nitrogens with zero attached hydrogens (tertiary/aromatic N) is 4. The second kappa shape index (κ2) is 10.8. The molecule has 0 aromatic carbocycles. The van der Waals surface area contributed by atoms with E-state index in [1.807, 2.05) is 26.0 Å². The zero-order chi connectivity index (χ0) is 23.2. The molecule has 2 heterocycles. The molecule has 1 aliphatic carbocycles. The van der Waals surface area contributed by atoms with E-state index in [9.17, 15) is 13.6 Å².